The summed E-state index contributed by atoms with van der Waals surface area (Å²) in [5.74, 6) is -0.631. The minimum atomic E-state index is -0.871. The van der Waals surface area contributed by atoms with Gasteiger partial charge in [0.25, 0.3) is 0 Å². The number of rotatable bonds is 6. The van der Waals surface area contributed by atoms with E-state index < -0.39 is 11.9 Å². The Morgan fingerprint density at radius 3 is 1.46 bits per heavy atom. The number of likely N-dealkylation sites (tertiary alicyclic amines) is 2. The first kappa shape index (κ1) is 31.7. The van der Waals surface area contributed by atoms with Crippen LogP contribution in [0.25, 0.3) is 20.4 Å². The molecule has 46 heavy (non-hydrogen) atoms. The van der Waals surface area contributed by atoms with E-state index in [9.17, 15) is 9.59 Å². The molecule has 4 fully saturated rings. The third-order valence-electron chi connectivity index (χ3n) is 10.9. The Labute approximate surface area is 278 Å². The van der Waals surface area contributed by atoms with Crippen molar-refractivity contribution in [3.05, 3.63) is 57.5 Å². The molecule has 244 valence electrons. The molecule has 10 heteroatoms. The molecule has 2 saturated carbocycles. The van der Waals surface area contributed by atoms with Gasteiger partial charge in [-0.05, 0) is 115 Å². The molecule has 2 saturated heterocycles. The third-order valence-corrected chi connectivity index (χ3v) is 13.2. The Kier molecular flexibility index (Phi) is 9.15. The van der Waals surface area contributed by atoms with Crippen molar-refractivity contribution in [1.29, 1.82) is 0 Å². The lowest BCUT2D eigenvalue weighted by Gasteiger charge is -2.47. The minimum absolute atomic E-state index is 0.348. The predicted molar refractivity (Wildman–Crippen MR) is 185 cm³/mol. The second-order valence-electron chi connectivity index (χ2n) is 13.9. The lowest BCUT2D eigenvalue weighted by molar-refractivity contribution is 0.0479. The van der Waals surface area contributed by atoms with Gasteiger partial charge >= 0.3 is 11.9 Å². The molecule has 0 unspecified atom stereocenters. The van der Waals surface area contributed by atoms with Crippen LogP contribution in [0.1, 0.15) is 121 Å². The molecule has 2 atom stereocenters. The maximum Gasteiger partial charge on any atom is 0.335 e. The summed E-state index contributed by atoms with van der Waals surface area (Å²) >= 11 is 3.34. The molecule has 2 aromatic carbocycles. The van der Waals surface area contributed by atoms with Crippen LogP contribution in [0.3, 0.4) is 0 Å². The molecular weight excluding hydrogens is 617 g/mol. The summed E-state index contributed by atoms with van der Waals surface area (Å²) in [6.07, 6.45) is 12.9. The van der Waals surface area contributed by atoms with Crippen molar-refractivity contribution in [3.63, 3.8) is 0 Å². The fraction of sp³-hybridized carbons (Fsp3) is 0.556. The fourth-order valence-corrected chi connectivity index (χ4v) is 10.2. The zero-order valence-electron chi connectivity index (χ0n) is 26.7. The lowest BCUT2D eigenvalue weighted by atomic mass is 9.78. The van der Waals surface area contributed by atoms with Crippen LogP contribution in [0.4, 0.5) is 0 Å². The lowest BCUT2D eigenvalue weighted by Crippen LogP contribution is -2.50. The van der Waals surface area contributed by atoms with Gasteiger partial charge in [-0.15, -0.1) is 22.7 Å². The number of benzene rings is 2. The number of hydrogen-bond donors (Lipinski definition) is 2. The molecule has 2 aromatic heterocycles. The van der Waals surface area contributed by atoms with Gasteiger partial charge in [0.15, 0.2) is 0 Å². The van der Waals surface area contributed by atoms with E-state index >= 15 is 0 Å². The van der Waals surface area contributed by atoms with Gasteiger partial charge in [-0.3, -0.25) is 9.80 Å². The maximum atomic E-state index is 11.1. The highest BCUT2D eigenvalue weighted by Crippen LogP contribution is 2.45. The number of carboxylic acid groups (broad SMARTS) is 2. The molecule has 4 heterocycles. The topological polar surface area (TPSA) is 107 Å². The SMILES string of the molecule is C[C@H]1CCCCN1C1CC(c2nc3ccc(C(=O)O)cc3s2)C1.C[C@H]1CCCCN1C1CC(c2nc3ccc(C(=O)O)cc3s2)C1. The molecule has 2 N–H and O–H groups in total. The van der Waals surface area contributed by atoms with Crippen molar-refractivity contribution in [3.8, 4) is 0 Å². The van der Waals surface area contributed by atoms with E-state index in [1.807, 2.05) is 12.1 Å². The number of piperidine rings is 2. The van der Waals surface area contributed by atoms with E-state index in [1.165, 1.54) is 87.3 Å². The number of aromatic nitrogens is 2. The van der Waals surface area contributed by atoms with Crippen molar-refractivity contribution in [2.75, 3.05) is 13.1 Å². The molecule has 8 nitrogen and oxygen atoms in total. The smallest absolute Gasteiger partial charge is 0.335 e. The summed E-state index contributed by atoms with van der Waals surface area (Å²) in [7, 11) is 0. The van der Waals surface area contributed by atoms with Crippen LogP contribution in [-0.2, 0) is 0 Å². The van der Waals surface area contributed by atoms with Crippen LogP contribution < -0.4 is 0 Å². The van der Waals surface area contributed by atoms with Gasteiger partial charge in [-0.1, -0.05) is 12.8 Å². The largest absolute Gasteiger partial charge is 0.478 e. The van der Waals surface area contributed by atoms with Crippen LogP contribution in [-0.4, -0.2) is 79.2 Å². The van der Waals surface area contributed by atoms with Crippen LogP contribution in [0.15, 0.2) is 36.4 Å². The van der Waals surface area contributed by atoms with Crippen LogP contribution in [0.2, 0.25) is 0 Å². The van der Waals surface area contributed by atoms with E-state index in [0.717, 1.165) is 44.6 Å². The Bertz CT molecular complexity index is 1600. The summed E-state index contributed by atoms with van der Waals surface area (Å²) in [5, 5.41) is 20.6. The van der Waals surface area contributed by atoms with Gasteiger partial charge in [0.1, 0.15) is 0 Å². The number of thiazole rings is 2. The van der Waals surface area contributed by atoms with E-state index in [-0.39, 0.29) is 0 Å². The van der Waals surface area contributed by atoms with Crippen LogP contribution >= 0.6 is 22.7 Å². The summed E-state index contributed by atoms with van der Waals surface area (Å²) in [6.45, 7) is 7.22. The normalized spacial score (nSPS) is 28.7. The van der Waals surface area contributed by atoms with Gasteiger partial charge in [0, 0.05) is 36.0 Å². The third kappa shape index (κ3) is 6.46. The average Bonchev–Trinajstić information content (AvgIpc) is 3.61. The summed E-state index contributed by atoms with van der Waals surface area (Å²) in [5.41, 5.74) is 2.57. The first-order valence-electron chi connectivity index (χ1n) is 17.0. The van der Waals surface area contributed by atoms with Crippen molar-refractivity contribution in [2.45, 2.75) is 114 Å². The highest BCUT2D eigenvalue weighted by Gasteiger charge is 2.39. The van der Waals surface area contributed by atoms with Gasteiger partial charge in [-0.2, -0.15) is 0 Å². The number of fused-ring (bicyclic) bond motifs is 2. The number of nitrogens with zero attached hydrogens (tertiary/aromatic N) is 4. The quantitative estimate of drug-likeness (QED) is 0.213. The first-order valence-corrected chi connectivity index (χ1v) is 18.7. The van der Waals surface area contributed by atoms with Gasteiger partial charge in [-0.25, -0.2) is 19.6 Å². The number of carbonyl (C=O) groups is 2. The molecule has 4 aliphatic rings. The molecule has 4 aromatic rings. The average molecular weight is 661 g/mol. The van der Waals surface area contributed by atoms with Crippen LogP contribution in [0.5, 0.6) is 0 Å². The molecule has 2 aliphatic heterocycles. The second-order valence-corrected chi connectivity index (χ2v) is 16.0. The van der Waals surface area contributed by atoms with Crippen LogP contribution in [0, 0.1) is 0 Å². The molecule has 0 amide bonds. The second kappa shape index (κ2) is 13.3. The molecule has 0 radical (unpaired) electrons. The minimum Gasteiger partial charge on any atom is -0.478 e. The molecule has 0 bridgehead atoms. The molecule has 8 rings (SSSR count). The molecular formula is C36H44N4O4S2. The predicted octanol–water partition coefficient (Wildman–Crippen LogP) is 8.23. The Balaban J connectivity index is 0.000000147. The Morgan fingerprint density at radius 2 is 1.09 bits per heavy atom. The molecule has 0 spiro atoms. The highest BCUT2D eigenvalue weighted by molar-refractivity contribution is 7.19. The van der Waals surface area contributed by atoms with E-state index in [1.54, 1.807) is 46.9 Å². The van der Waals surface area contributed by atoms with E-state index in [0.29, 0.717) is 23.0 Å². The fourth-order valence-electron chi connectivity index (χ4n) is 7.95. The zero-order chi connectivity index (χ0) is 31.9. The van der Waals surface area contributed by atoms with Crippen molar-refractivity contribution >= 4 is 55.0 Å². The number of hydrogen-bond acceptors (Lipinski definition) is 8. The standard InChI is InChI=1S/2C18H22N2O2S/c2*1-11-4-2-3-7-20(11)14-8-13(9-14)17-19-15-6-5-12(18(21)22)10-16(15)23-17/h2*5-6,10-11,13-14H,2-4,7-9H2,1H3,(H,21,22)/t2*11-,13?,14?/m00/s1. The molecule has 2 aliphatic carbocycles. The van der Waals surface area contributed by atoms with Crippen molar-refractivity contribution in [1.82, 2.24) is 19.8 Å². The van der Waals surface area contributed by atoms with Gasteiger partial charge in [0.05, 0.1) is 41.6 Å². The Hall–Kier alpha value is -2.92. The van der Waals surface area contributed by atoms with Gasteiger partial charge in [0.2, 0.25) is 0 Å². The van der Waals surface area contributed by atoms with Gasteiger partial charge < -0.3 is 10.2 Å². The number of aromatic carboxylic acids is 2. The van der Waals surface area contributed by atoms with E-state index in [4.69, 9.17) is 20.2 Å². The zero-order valence-corrected chi connectivity index (χ0v) is 28.4. The number of carboxylic acids is 2. The van der Waals surface area contributed by atoms with Crippen molar-refractivity contribution < 1.29 is 19.8 Å². The summed E-state index contributed by atoms with van der Waals surface area (Å²) in [4.78, 5) is 37.0. The summed E-state index contributed by atoms with van der Waals surface area (Å²) in [6, 6.07) is 13.4. The van der Waals surface area contributed by atoms with Crippen molar-refractivity contribution in [2.24, 2.45) is 0 Å². The van der Waals surface area contributed by atoms with E-state index in [2.05, 4.69) is 23.6 Å². The maximum absolute atomic E-state index is 11.1. The Morgan fingerprint density at radius 1 is 0.674 bits per heavy atom. The monoisotopic (exact) mass is 660 g/mol. The summed E-state index contributed by atoms with van der Waals surface area (Å²) < 4.78 is 1.99. The first-order chi connectivity index (χ1) is 22.2. The highest BCUT2D eigenvalue weighted by atomic mass is 32.1.